The summed E-state index contributed by atoms with van der Waals surface area (Å²) in [5, 5.41) is 0. The number of nitrogens with zero attached hydrogens (tertiary/aromatic N) is 3. The van der Waals surface area contributed by atoms with Gasteiger partial charge in [-0.3, -0.25) is 19.3 Å². The first kappa shape index (κ1) is 26.1. The van der Waals surface area contributed by atoms with Gasteiger partial charge in [0.15, 0.2) is 12.4 Å². The molecule has 9 heteroatoms. The molecule has 1 unspecified atom stereocenters. The highest BCUT2D eigenvalue weighted by Crippen LogP contribution is 2.28. The quantitative estimate of drug-likeness (QED) is 0.250. The van der Waals surface area contributed by atoms with E-state index in [1.54, 1.807) is 49.6 Å². The molecule has 2 aliphatic heterocycles. The van der Waals surface area contributed by atoms with E-state index >= 15 is 0 Å². The smallest absolute Gasteiger partial charge is 0.338 e. The van der Waals surface area contributed by atoms with Gasteiger partial charge in [0.1, 0.15) is 5.75 Å². The van der Waals surface area contributed by atoms with Gasteiger partial charge in [-0.05, 0) is 48.5 Å². The summed E-state index contributed by atoms with van der Waals surface area (Å²) in [4.78, 5) is 56.2. The zero-order valence-corrected chi connectivity index (χ0v) is 21.6. The van der Waals surface area contributed by atoms with E-state index in [1.807, 2.05) is 24.3 Å². The molecule has 2 fully saturated rings. The van der Waals surface area contributed by atoms with Gasteiger partial charge in [-0.25, -0.2) is 9.69 Å². The number of benzene rings is 3. The largest absolute Gasteiger partial charge is 0.497 e. The van der Waals surface area contributed by atoms with Crippen LogP contribution in [0.15, 0.2) is 78.9 Å². The predicted octanol–water partition coefficient (Wildman–Crippen LogP) is 3.19. The van der Waals surface area contributed by atoms with Crippen LogP contribution in [0, 0.1) is 0 Å². The van der Waals surface area contributed by atoms with Crippen LogP contribution in [0.25, 0.3) is 0 Å². The number of carbonyl (C=O) groups excluding carboxylic acids is 4. The van der Waals surface area contributed by atoms with Gasteiger partial charge in [-0.2, -0.15) is 0 Å². The average Bonchev–Trinajstić information content (AvgIpc) is 3.29. The Kier molecular flexibility index (Phi) is 7.69. The second-order valence-electron chi connectivity index (χ2n) is 9.42. The molecule has 3 aromatic rings. The summed E-state index contributed by atoms with van der Waals surface area (Å²) in [6, 6.07) is 22.0. The molecule has 0 aliphatic carbocycles. The molecule has 39 heavy (non-hydrogen) atoms. The summed E-state index contributed by atoms with van der Waals surface area (Å²) in [5.41, 5.74) is 2.18. The first-order chi connectivity index (χ1) is 18.9. The molecule has 2 amide bonds. The van der Waals surface area contributed by atoms with Crippen LogP contribution in [-0.4, -0.2) is 74.4 Å². The van der Waals surface area contributed by atoms with E-state index in [-0.39, 0.29) is 36.2 Å². The van der Waals surface area contributed by atoms with Crippen molar-refractivity contribution in [2.45, 2.75) is 12.5 Å². The van der Waals surface area contributed by atoms with E-state index in [2.05, 4.69) is 9.80 Å². The van der Waals surface area contributed by atoms with E-state index in [4.69, 9.17) is 9.47 Å². The third-order valence-electron chi connectivity index (χ3n) is 7.11. The Bertz CT molecular complexity index is 1350. The van der Waals surface area contributed by atoms with Gasteiger partial charge >= 0.3 is 5.97 Å². The number of piperazine rings is 1. The lowest BCUT2D eigenvalue weighted by Gasteiger charge is -2.38. The van der Waals surface area contributed by atoms with Crippen molar-refractivity contribution in [1.82, 2.24) is 4.90 Å². The summed E-state index contributed by atoms with van der Waals surface area (Å²) >= 11 is 0. The Hall–Kier alpha value is -4.50. The lowest BCUT2D eigenvalue weighted by Crippen LogP contribution is -2.52. The van der Waals surface area contributed by atoms with E-state index in [0.717, 1.165) is 24.5 Å². The van der Waals surface area contributed by atoms with E-state index < -0.39 is 12.0 Å². The number of hydrogen-bond acceptors (Lipinski definition) is 8. The number of ether oxygens (including phenoxy) is 2. The molecule has 0 spiro atoms. The van der Waals surface area contributed by atoms with Crippen LogP contribution >= 0.6 is 0 Å². The van der Waals surface area contributed by atoms with Crippen molar-refractivity contribution in [2.75, 3.05) is 49.7 Å². The van der Waals surface area contributed by atoms with Crippen LogP contribution in [0.5, 0.6) is 5.75 Å². The summed E-state index contributed by atoms with van der Waals surface area (Å²) in [6.45, 7) is 2.44. The molecule has 200 valence electrons. The molecule has 0 N–H and O–H groups in total. The minimum atomic E-state index is -0.655. The van der Waals surface area contributed by atoms with Crippen molar-refractivity contribution in [1.29, 1.82) is 0 Å². The number of carbonyl (C=O) groups is 4. The Morgan fingerprint density at radius 3 is 2.08 bits per heavy atom. The Morgan fingerprint density at radius 2 is 1.44 bits per heavy atom. The number of amides is 2. The van der Waals surface area contributed by atoms with Crippen molar-refractivity contribution in [2.24, 2.45) is 0 Å². The summed E-state index contributed by atoms with van der Waals surface area (Å²) in [5.74, 6) is -0.689. The van der Waals surface area contributed by atoms with Gasteiger partial charge in [0, 0.05) is 37.4 Å². The first-order valence-electron chi connectivity index (χ1n) is 12.8. The maximum Gasteiger partial charge on any atom is 0.338 e. The van der Waals surface area contributed by atoms with Gasteiger partial charge in [0.2, 0.25) is 5.91 Å². The molecule has 9 nitrogen and oxygen atoms in total. The van der Waals surface area contributed by atoms with Crippen LogP contribution in [0.2, 0.25) is 0 Å². The van der Waals surface area contributed by atoms with E-state index in [9.17, 15) is 19.2 Å². The predicted molar refractivity (Wildman–Crippen MR) is 145 cm³/mol. The lowest BCUT2D eigenvalue weighted by atomic mass is 10.1. The van der Waals surface area contributed by atoms with Crippen LogP contribution in [0.3, 0.4) is 0 Å². The SMILES string of the molecule is COc1ccc(N2CCN(C3CC(=O)N(c4ccc(C(=O)OCC(=O)c5ccccc5)cc4)C3=O)CC2)cc1. The summed E-state index contributed by atoms with van der Waals surface area (Å²) in [7, 11) is 1.64. The first-order valence-corrected chi connectivity index (χ1v) is 12.8. The molecule has 1 atom stereocenters. The zero-order chi connectivity index (χ0) is 27.4. The van der Waals surface area contributed by atoms with Gasteiger partial charge in [-0.1, -0.05) is 30.3 Å². The Labute approximate surface area is 226 Å². The molecular formula is C30H29N3O6. The fraction of sp³-hybridized carbons (Fsp3) is 0.267. The van der Waals surface area contributed by atoms with Gasteiger partial charge in [-0.15, -0.1) is 0 Å². The van der Waals surface area contributed by atoms with Gasteiger partial charge < -0.3 is 14.4 Å². The number of hydrogen-bond donors (Lipinski definition) is 0. The third-order valence-corrected chi connectivity index (χ3v) is 7.11. The van der Waals surface area contributed by atoms with Crippen molar-refractivity contribution in [3.8, 4) is 5.75 Å². The molecule has 3 aromatic carbocycles. The molecule has 0 saturated carbocycles. The summed E-state index contributed by atoms with van der Waals surface area (Å²) in [6.07, 6.45) is 0.118. The Balaban J connectivity index is 1.16. The topological polar surface area (TPSA) is 96.5 Å². The number of Topliss-reactive ketones (excluding diaryl/α,β-unsaturated/α-hetero) is 1. The highest BCUT2D eigenvalue weighted by Gasteiger charge is 2.43. The molecule has 2 aliphatic rings. The molecule has 2 heterocycles. The van der Waals surface area contributed by atoms with Gasteiger partial charge in [0.05, 0.1) is 30.8 Å². The zero-order valence-electron chi connectivity index (χ0n) is 21.6. The number of methoxy groups -OCH3 is 1. The van der Waals surface area contributed by atoms with E-state index in [1.165, 1.54) is 17.0 Å². The number of esters is 1. The van der Waals surface area contributed by atoms with E-state index in [0.29, 0.717) is 24.3 Å². The van der Waals surface area contributed by atoms with Gasteiger partial charge in [0.25, 0.3) is 5.91 Å². The molecule has 0 aromatic heterocycles. The average molecular weight is 528 g/mol. The number of imide groups is 1. The molecule has 0 bridgehead atoms. The third kappa shape index (κ3) is 5.68. The van der Waals surface area contributed by atoms with Crippen LogP contribution < -0.4 is 14.5 Å². The lowest BCUT2D eigenvalue weighted by molar-refractivity contribution is -0.123. The fourth-order valence-electron chi connectivity index (χ4n) is 4.93. The fourth-order valence-corrected chi connectivity index (χ4v) is 4.93. The molecule has 5 rings (SSSR count). The second-order valence-corrected chi connectivity index (χ2v) is 9.42. The van der Waals surface area contributed by atoms with Crippen LogP contribution in [0.1, 0.15) is 27.1 Å². The molecule has 0 radical (unpaired) electrons. The van der Waals surface area contributed by atoms with Crippen molar-refractivity contribution in [3.05, 3.63) is 90.0 Å². The standard InChI is InChI=1S/C30H29N3O6/c1-38-25-13-11-23(12-14-25)31-15-17-32(18-16-31)26-19-28(35)33(29(26)36)24-9-7-22(8-10-24)30(37)39-20-27(34)21-5-3-2-4-6-21/h2-14,26H,15-20H2,1H3. The maximum atomic E-state index is 13.3. The number of anilines is 2. The minimum absolute atomic E-state index is 0.118. The highest BCUT2D eigenvalue weighted by atomic mass is 16.5. The summed E-state index contributed by atoms with van der Waals surface area (Å²) < 4.78 is 10.4. The maximum absolute atomic E-state index is 13.3. The van der Waals surface area contributed by atoms with Crippen LogP contribution in [-0.2, 0) is 14.3 Å². The Morgan fingerprint density at radius 1 is 0.795 bits per heavy atom. The molecular weight excluding hydrogens is 498 g/mol. The molecule has 2 saturated heterocycles. The number of ketones is 1. The minimum Gasteiger partial charge on any atom is -0.497 e. The number of rotatable bonds is 8. The second kappa shape index (κ2) is 11.5. The highest BCUT2D eigenvalue weighted by molar-refractivity contribution is 6.22. The van der Waals surface area contributed by atoms with Crippen LogP contribution in [0.4, 0.5) is 11.4 Å². The normalized spacial score (nSPS) is 17.8. The van der Waals surface area contributed by atoms with Crippen molar-refractivity contribution < 1.29 is 28.7 Å². The van der Waals surface area contributed by atoms with Crippen molar-refractivity contribution >= 4 is 34.9 Å². The monoisotopic (exact) mass is 527 g/mol. The van der Waals surface area contributed by atoms with Crippen molar-refractivity contribution in [3.63, 3.8) is 0 Å².